The molecule has 2 amide bonds. The van der Waals surface area contributed by atoms with Crippen LogP contribution < -0.4 is 16.3 Å². The molecule has 0 unspecified atom stereocenters. The van der Waals surface area contributed by atoms with Gasteiger partial charge in [-0.05, 0) is 35.9 Å². The van der Waals surface area contributed by atoms with E-state index in [2.05, 4.69) is 15.7 Å². The number of rotatable bonds is 6. The summed E-state index contributed by atoms with van der Waals surface area (Å²) in [4.78, 5) is 35.5. The van der Waals surface area contributed by atoms with Gasteiger partial charge in [-0.25, -0.2) is 9.48 Å². The van der Waals surface area contributed by atoms with Crippen LogP contribution >= 0.6 is 0 Å². The molecule has 0 aliphatic rings. The second-order valence-electron chi connectivity index (χ2n) is 5.76. The zero-order valence-electron chi connectivity index (χ0n) is 14.8. The van der Waals surface area contributed by atoms with Gasteiger partial charge in [-0.2, -0.15) is 0 Å². The monoisotopic (exact) mass is 365 g/mol. The van der Waals surface area contributed by atoms with Crippen molar-refractivity contribution in [1.29, 1.82) is 0 Å². The van der Waals surface area contributed by atoms with E-state index in [0.717, 1.165) is 5.56 Å². The third kappa shape index (κ3) is 4.30. The molecule has 0 saturated carbocycles. The maximum atomic E-state index is 12.1. The highest BCUT2D eigenvalue weighted by Crippen LogP contribution is 2.06. The summed E-state index contributed by atoms with van der Waals surface area (Å²) in [5.41, 5.74) is 1.67. The number of hydrogen-bond acceptors (Lipinski definition) is 4. The summed E-state index contributed by atoms with van der Waals surface area (Å²) in [6.45, 7) is 0.559. The Morgan fingerprint density at radius 3 is 2.63 bits per heavy atom. The van der Waals surface area contributed by atoms with Gasteiger partial charge in [0.25, 0.3) is 5.91 Å². The molecule has 0 aliphatic heterocycles. The topological polar surface area (TPSA) is 97.5 Å². The smallest absolute Gasteiger partial charge is 0.350 e. The minimum absolute atomic E-state index is 0.162. The SMILES string of the molecule is CNC(=O)c1ccc(/C=C/C(=O)NCCn2nc3ccccn3c2=O)cc1. The fraction of sp³-hybridized carbons (Fsp3) is 0.158. The Morgan fingerprint density at radius 2 is 1.93 bits per heavy atom. The number of nitrogens with zero attached hydrogens (tertiary/aromatic N) is 3. The molecular weight excluding hydrogens is 346 g/mol. The van der Waals surface area contributed by atoms with Crippen LogP contribution in [-0.4, -0.2) is 39.6 Å². The lowest BCUT2D eigenvalue weighted by molar-refractivity contribution is -0.116. The summed E-state index contributed by atoms with van der Waals surface area (Å²) < 4.78 is 2.76. The van der Waals surface area contributed by atoms with Gasteiger partial charge in [0.15, 0.2) is 5.65 Å². The van der Waals surface area contributed by atoms with Crippen molar-refractivity contribution in [3.63, 3.8) is 0 Å². The maximum absolute atomic E-state index is 12.1. The molecule has 0 bridgehead atoms. The summed E-state index contributed by atoms with van der Waals surface area (Å²) >= 11 is 0. The first-order valence-corrected chi connectivity index (χ1v) is 8.41. The van der Waals surface area contributed by atoms with Gasteiger partial charge in [-0.3, -0.25) is 14.0 Å². The maximum Gasteiger partial charge on any atom is 0.350 e. The van der Waals surface area contributed by atoms with Crippen molar-refractivity contribution in [3.8, 4) is 0 Å². The lowest BCUT2D eigenvalue weighted by Crippen LogP contribution is -2.30. The second kappa shape index (κ2) is 8.13. The zero-order valence-corrected chi connectivity index (χ0v) is 14.8. The van der Waals surface area contributed by atoms with E-state index in [1.807, 2.05) is 0 Å². The van der Waals surface area contributed by atoms with Crippen LogP contribution in [0.15, 0.2) is 59.5 Å². The van der Waals surface area contributed by atoms with Crippen molar-refractivity contribution in [3.05, 3.63) is 76.3 Å². The predicted octanol–water partition coefficient (Wildman–Crippen LogP) is 0.685. The number of benzene rings is 1. The van der Waals surface area contributed by atoms with Crippen LogP contribution in [0, 0.1) is 0 Å². The Kier molecular flexibility index (Phi) is 5.46. The average Bonchev–Trinajstić information content (AvgIpc) is 3.02. The molecule has 0 atom stereocenters. The first-order chi connectivity index (χ1) is 13.1. The van der Waals surface area contributed by atoms with Crippen LogP contribution in [0.1, 0.15) is 15.9 Å². The van der Waals surface area contributed by atoms with E-state index < -0.39 is 0 Å². The van der Waals surface area contributed by atoms with Gasteiger partial charge in [0, 0.05) is 31.4 Å². The van der Waals surface area contributed by atoms with E-state index >= 15 is 0 Å². The van der Waals surface area contributed by atoms with E-state index in [0.29, 0.717) is 11.2 Å². The highest BCUT2D eigenvalue weighted by atomic mass is 16.2. The Balaban J connectivity index is 1.53. The second-order valence-corrected chi connectivity index (χ2v) is 5.76. The molecule has 0 fully saturated rings. The van der Waals surface area contributed by atoms with E-state index in [1.54, 1.807) is 61.8 Å². The van der Waals surface area contributed by atoms with Gasteiger partial charge < -0.3 is 10.6 Å². The summed E-state index contributed by atoms with van der Waals surface area (Å²) in [6, 6.07) is 12.2. The van der Waals surface area contributed by atoms with Crippen LogP contribution in [-0.2, 0) is 11.3 Å². The zero-order chi connectivity index (χ0) is 19.2. The molecule has 138 valence electrons. The Morgan fingerprint density at radius 1 is 1.15 bits per heavy atom. The normalized spacial score (nSPS) is 11.0. The molecule has 2 N–H and O–H groups in total. The van der Waals surface area contributed by atoms with Crippen LogP contribution in [0.3, 0.4) is 0 Å². The minimum atomic E-state index is -0.276. The van der Waals surface area contributed by atoms with E-state index in [9.17, 15) is 14.4 Å². The number of amides is 2. The molecule has 2 heterocycles. The molecule has 0 radical (unpaired) electrons. The average molecular weight is 365 g/mol. The highest BCUT2D eigenvalue weighted by Gasteiger charge is 2.06. The fourth-order valence-electron chi connectivity index (χ4n) is 2.52. The lowest BCUT2D eigenvalue weighted by Gasteiger charge is -2.02. The van der Waals surface area contributed by atoms with Gasteiger partial charge in [-0.1, -0.05) is 18.2 Å². The van der Waals surface area contributed by atoms with Gasteiger partial charge in [0.1, 0.15) is 0 Å². The number of hydrogen-bond donors (Lipinski definition) is 2. The fourth-order valence-corrected chi connectivity index (χ4v) is 2.52. The summed E-state index contributed by atoms with van der Waals surface area (Å²) in [5, 5.41) is 9.46. The van der Waals surface area contributed by atoms with E-state index in [1.165, 1.54) is 15.2 Å². The molecule has 0 aliphatic carbocycles. The van der Waals surface area contributed by atoms with Gasteiger partial charge in [0.2, 0.25) is 5.91 Å². The number of aromatic nitrogens is 3. The van der Waals surface area contributed by atoms with Gasteiger partial charge in [-0.15, -0.1) is 5.10 Å². The quantitative estimate of drug-likeness (QED) is 0.628. The number of carbonyl (C=O) groups excluding carboxylic acids is 2. The molecule has 8 heteroatoms. The van der Waals surface area contributed by atoms with E-state index in [4.69, 9.17) is 0 Å². The Hall–Kier alpha value is -3.68. The molecule has 0 saturated heterocycles. The first kappa shape index (κ1) is 18.1. The van der Waals surface area contributed by atoms with Crippen molar-refractivity contribution >= 4 is 23.5 Å². The van der Waals surface area contributed by atoms with Crippen LogP contribution in [0.5, 0.6) is 0 Å². The number of pyridine rings is 1. The molecule has 8 nitrogen and oxygen atoms in total. The molecule has 1 aromatic carbocycles. The molecule has 27 heavy (non-hydrogen) atoms. The number of carbonyl (C=O) groups is 2. The van der Waals surface area contributed by atoms with Crippen molar-refractivity contribution in [2.75, 3.05) is 13.6 Å². The van der Waals surface area contributed by atoms with Crippen molar-refractivity contribution < 1.29 is 9.59 Å². The molecule has 2 aromatic heterocycles. The molecule has 3 aromatic rings. The predicted molar refractivity (Wildman–Crippen MR) is 101 cm³/mol. The van der Waals surface area contributed by atoms with Crippen molar-refractivity contribution in [2.24, 2.45) is 0 Å². The lowest BCUT2D eigenvalue weighted by atomic mass is 10.1. The van der Waals surface area contributed by atoms with Gasteiger partial charge in [0.05, 0.1) is 6.54 Å². The summed E-state index contributed by atoms with van der Waals surface area (Å²) in [6.07, 6.45) is 4.71. The van der Waals surface area contributed by atoms with Crippen LogP contribution in [0.25, 0.3) is 11.7 Å². The third-order valence-electron chi connectivity index (χ3n) is 3.94. The molecular formula is C19H19N5O3. The Labute approximate surface area is 155 Å². The number of fused-ring (bicyclic) bond motifs is 1. The van der Waals surface area contributed by atoms with Crippen molar-refractivity contribution in [2.45, 2.75) is 6.54 Å². The summed E-state index contributed by atoms with van der Waals surface area (Å²) in [5.74, 6) is -0.437. The van der Waals surface area contributed by atoms with Crippen molar-refractivity contribution in [1.82, 2.24) is 24.8 Å². The van der Waals surface area contributed by atoms with Crippen LogP contribution in [0.4, 0.5) is 0 Å². The number of nitrogens with one attached hydrogen (secondary N) is 2. The van der Waals surface area contributed by atoms with Crippen LogP contribution in [0.2, 0.25) is 0 Å². The largest absolute Gasteiger partial charge is 0.355 e. The summed E-state index contributed by atoms with van der Waals surface area (Å²) in [7, 11) is 1.57. The third-order valence-corrected chi connectivity index (χ3v) is 3.94. The highest BCUT2D eigenvalue weighted by molar-refractivity contribution is 5.94. The minimum Gasteiger partial charge on any atom is -0.355 e. The molecule has 0 spiro atoms. The van der Waals surface area contributed by atoms with Gasteiger partial charge >= 0.3 is 5.69 Å². The standard InChI is InChI=1S/C19H19N5O3/c1-20-18(26)15-8-5-14(6-9-15)7-10-17(25)21-11-13-24-19(27)23-12-3-2-4-16(23)22-24/h2-10,12H,11,13H2,1H3,(H,20,26)(H,21,25)/b10-7+. The van der Waals surface area contributed by atoms with E-state index in [-0.39, 0.29) is 30.6 Å². The first-order valence-electron chi connectivity index (χ1n) is 8.41. The Bertz CT molecular complexity index is 1050. The molecule has 3 rings (SSSR count).